The highest BCUT2D eigenvalue weighted by molar-refractivity contribution is 5.01. The molecule has 0 spiro atoms. The molecule has 2 bridgehead atoms. The van der Waals surface area contributed by atoms with Crippen LogP contribution in [0.5, 0.6) is 0 Å². The minimum absolute atomic E-state index is 1.05. The molecule has 1 aliphatic carbocycles. The molecular weight excluding hydrogens is 110 g/mol. The molecular formula is C8H14N. The molecule has 9 heavy (non-hydrogen) atoms. The lowest BCUT2D eigenvalue weighted by Crippen LogP contribution is -2.19. The fraction of sp³-hybridized carbons (Fsp3) is 0.875. The maximum absolute atomic E-state index is 3.44. The second-order valence-corrected chi connectivity index (χ2v) is 3.32. The molecule has 0 aromatic carbocycles. The fourth-order valence-corrected chi connectivity index (χ4v) is 2.00. The molecule has 0 amide bonds. The molecule has 1 saturated carbocycles. The first-order valence-electron chi connectivity index (χ1n) is 3.99. The van der Waals surface area contributed by atoms with E-state index in [1.807, 2.05) is 0 Å². The molecule has 1 nitrogen and oxygen atoms in total. The van der Waals surface area contributed by atoms with Crippen LogP contribution in [-0.2, 0) is 0 Å². The van der Waals surface area contributed by atoms with Gasteiger partial charge in [-0.25, -0.2) is 0 Å². The van der Waals surface area contributed by atoms with Crippen LogP contribution in [0.1, 0.15) is 25.7 Å². The first-order chi connectivity index (χ1) is 4.45. The molecule has 1 radical (unpaired) electrons. The van der Waals surface area contributed by atoms with Crippen molar-refractivity contribution in [2.75, 3.05) is 13.1 Å². The Hall–Kier alpha value is -0.0400. The van der Waals surface area contributed by atoms with Crippen molar-refractivity contribution in [2.45, 2.75) is 25.7 Å². The van der Waals surface area contributed by atoms with Gasteiger partial charge in [0.15, 0.2) is 0 Å². The lowest BCUT2D eigenvalue weighted by atomic mass is 10.0. The van der Waals surface area contributed by atoms with Gasteiger partial charge in [0.2, 0.25) is 0 Å². The van der Waals surface area contributed by atoms with Gasteiger partial charge in [0, 0.05) is 6.54 Å². The van der Waals surface area contributed by atoms with E-state index >= 15 is 0 Å². The summed E-state index contributed by atoms with van der Waals surface area (Å²) in [6, 6.07) is 0. The summed E-state index contributed by atoms with van der Waals surface area (Å²) in [6.07, 6.45) is 5.76. The summed E-state index contributed by atoms with van der Waals surface area (Å²) < 4.78 is 0. The summed E-state index contributed by atoms with van der Waals surface area (Å²) in [7, 11) is 0. The Morgan fingerprint density at radius 2 is 2.33 bits per heavy atom. The number of nitrogens with one attached hydrogen (secondary N) is 1. The van der Waals surface area contributed by atoms with Gasteiger partial charge in [0.05, 0.1) is 0 Å². The van der Waals surface area contributed by atoms with E-state index in [1.165, 1.54) is 38.8 Å². The van der Waals surface area contributed by atoms with Crippen molar-refractivity contribution in [1.29, 1.82) is 0 Å². The molecule has 0 aromatic heterocycles. The summed E-state index contributed by atoms with van der Waals surface area (Å²) in [6.45, 7) is 2.48. The van der Waals surface area contributed by atoms with Gasteiger partial charge in [0.1, 0.15) is 0 Å². The van der Waals surface area contributed by atoms with Crippen molar-refractivity contribution < 1.29 is 0 Å². The van der Waals surface area contributed by atoms with Crippen LogP contribution in [0.3, 0.4) is 0 Å². The highest BCUT2D eigenvalue weighted by Gasteiger charge is 2.26. The van der Waals surface area contributed by atoms with Crippen LogP contribution < -0.4 is 5.32 Å². The van der Waals surface area contributed by atoms with Crippen molar-refractivity contribution in [3.05, 3.63) is 5.92 Å². The van der Waals surface area contributed by atoms with E-state index in [0.717, 1.165) is 5.92 Å². The second-order valence-electron chi connectivity index (χ2n) is 3.32. The van der Waals surface area contributed by atoms with Gasteiger partial charge >= 0.3 is 0 Å². The zero-order valence-electron chi connectivity index (χ0n) is 5.82. The summed E-state index contributed by atoms with van der Waals surface area (Å²) in [5.41, 5.74) is 0. The minimum atomic E-state index is 1.05. The molecule has 1 atom stereocenters. The lowest BCUT2D eigenvalue weighted by Gasteiger charge is -2.07. The van der Waals surface area contributed by atoms with Crippen molar-refractivity contribution in [3.63, 3.8) is 0 Å². The molecule has 1 unspecified atom stereocenters. The van der Waals surface area contributed by atoms with Gasteiger partial charge in [0.25, 0.3) is 0 Å². The predicted octanol–water partition coefficient (Wildman–Crippen LogP) is 1.35. The fourth-order valence-electron chi connectivity index (χ4n) is 2.00. The van der Waals surface area contributed by atoms with Crippen molar-refractivity contribution in [3.8, 4) is 0 Å². The molecule has 1 N–H and O–H groups in total. The molecule has 1 saturated heterocycles. The minimum Gasteiger partial charge on any atom is -0.316 e. The highest BCUT2D eigenvalue weighted by Crippen LogP contribution is 2.35. The maximum Gasteiger partial charge on any atom is 0.00137 e. The number of hydrogen-bond donors (Lipinski definition) is 1. The molecule has 1 heteroatoms. The Labute approximate surface area is 56.8 Å². The largest absolute Gasteiger partial charge is 0.316 e. The quantitative estimate of drug-likeness (QED) is 0.514. The molecule has 51 valence electrons. The Morgan fingerprint density at radius 1 is 1.33 bits per heavy atom. The van der Waals surface area contributed by atoms with E-state index in [1.54, 1.807) is 5.92 Å². The molecule has 2 rings (SSSR count). The van der Waals surface area contributed by atoms with Gasteiger partial charge in [-0.2, -0.15) is 0 Å². The summed E-state index contributed by atoms with van der Waals surface area (Å²) in [5.74, 6) is 2.83. The van der Waals surface area contributed by atoms with Gasteiger partial charge in [-0.15, -0.1) is 0 Å². The predicted molar refractivity (Wildman–Crippen MR) is 38.1 cm³/mol. The average molecular weight is 124 g/mol. The van der Waals surface area contributed by atoms with E-state index in [4.69, 9.17) is 0 Å². The molecule has 2 fully saturated rings. The number of rotatable bonds is 0. The maximum atomic E-state index is 3.44. The highest BCUT2D eigenvalue weighted by atomic mass is 14.9. The smallest absolute Gasteiger partial charge is 0.00137 e. The van der Waals surface area contributed by atoms with Crippen LogP contribution in [0.4, 0.5) is 0 Å². The first kappa shape index (κ1) is 5.72. The molecule has 2 aliphatic rings. The zero-order valence-corrected chi connectivity index (χ0v) is 5.82. The normalized spacial score (nSPS) is 36.7. The van der Waals surface area contributed by atoms with E-state index in [0.29, 0.717) is 0 Å². The van der Waals surface area contributed by atoms with Crippen LogP contribution in [0.15, 0.2) is 0 Å². The Kier molecular flexibility index (Phi) is 1.46. The van der Waals surface area contributed by atoms with Gasteiger partial charge in [-0.1, -0.05) is 0 Å². The molecule has 1 aliphatic heterocycles. The van der Waals surface area contributed by atoms with E-state index in [2.05, 4.69) is 5.32 Å². The molecule has 0 aromatic rings. The van der Waals surface area contributed by atoms with Crippen LogP contribution in [-0.4, -0.2) is 13.1 Å². The number of hydrogen-bond acceptors (Lipinski definition) is 1. The standard InChI is InChI=1S/C8H14N/c1-2-8-5-7(1)3-4-9-6-8/h7,9H,1-6H2. The Morgan fingerprint density at radius 3 is 3.33 bits per heavy atom. The summed E-state index contributed by atoms with van der Waals surface area (Å²) in [4.78, 5) is 0. The van der Waals surface area contributed by atoms with Crippen molar-refractivity contribution in [1.82, 2.24) is 5.32 Å². The number of fused-ring (bicyclic) bond motifs is 2. The monoisotopic (exact) mass is 124 g/mol. The zero-order chi connectivity index (χ0) is 6.10. The van der Waals surface area contributed by atoms with Gasteiger partial charge < -0.3 is 5.32 Å². The second kappa shape index (κ2) is 2.30. The Balaban J connectivity index is 1.99. The topological polar surface area (TPSA) is 12.0 Å². The Bertz CT molecular complexity index is 88.7. The van der Waals surface area contributed by atoms with Crippen LogP contribution in [0.25, 0.3) is 0 Å². The van der Waals surface area contributed by atoms with Crippen LogP contribution in [0, 0.1) is 11.8 Å². The van der Waals surface area contributed by atoms with Crippen molar-refractivity contribution in [2.24, 2.45) is 5.92 Å². The molecule has 1 heterocycles. The van der Waals surface area contributed by atoms with E-state index in [-0.39, 0.29) is 0 Å². The lowest BCUT2D eigenvalue weighted by molar-refractivity contribution is 0.502. The third-order valence-corrected chi connectivity index (χ3v) is 2.59. The van der Waals surface area contributed by atoms with E-state index < -0.39 is 0 Å². The third-order valence-electron chi connectivity index (χ3n) is 2.59. The third kappa shape index (κ3) is 1.11. The van der Waals surface area contributed by atoms with Crippen LogP contribution >= 0.6 is 0 Å². The van der Waals surface area contributed by atoms with E-state index in [9.17, 15) is 0 Å². The van der Waals surface area contributed by atoms with Crippen molar-refractivity contribution >= 4 is 0 Å². The van der Waals surface area contributed by atoms with Crippen LogP contribution in [0.2, 0.25) is 0 Å². The average Bonchev–Trinajstić information content (AvgIpc) is 2.09. The first-order valence-corrected chi connectivity index (χ1v) is 3.99. The summed E-state index contributed by atoms with van der Waals surface area (Å²) >= 11 is 0. The summed E-state index contributed by atoms with van der Waals surface area (Å²) in [5, 5.41) is 3.44. The SMILES string of the molecule is C1CC2CC[C](CN1)C2. The van der Waals surface area contributed by atoms with Gasteiger partial charge in [-0.05, 0) is 44.1 Å². The van der Waals surface area contributed by atoms with Gasteiger partial charge in [-0.3, -0.25) is 0 Å².